The van der Waals surface area contributed by atoms with Gasteiger partial charge in [0.2, 0.25) is 5.91 Å². The molecule has 0 bridgehead atoms. The van der Waals surface area contributed by atoms with Crippen LogP contribution in [0.4, 0.5) is 0 Å². The lowest BCUT2D eigenvalue weighted by molar-refractivity contribution is -0.122. The van der Waals surface area contributed by atoms with Crippen LogP contribution in [0.1, 0.15) is 11.3 Å². The number of amides is 1. The number of nitrogens with one attached hydrogen (secondary N) is 1. The van der Waals surface area contributed by atoms with Crippen LogP contribution in [0.5, 0.6) is 5.75 Å². The average molecular weight is 399 g/mol. The highest BCUT2D eigenvalue weighted by Gasteiger charge is 2.10. The smallest absolute Gasteiger partial charge is 0.234 e. The van der Waals surface area contributed by atoms with Gasteiger partial charge >= 0.3 is 0 Å². The first kappa shape index (κ1) is 20.0. The number of furan rings is 1. The number of hydrogen-bond acceptors (Lipinski definition) is 4. The van der Waals surface area contributed by atoms with Crippen molar-refractivity contribution in [2.45, 2.75) is 13.1 Å². The van der Waals surface area contributed by atoms with Gasteiger partial charge in [0.15, 0.2) is 0 Å². The van der Waals surface area contributed by atoms with E-state index in [1.54, 1.807) is 7.11 Å². The second-order valence-electron chi connectivity index (χ2n) is 6.57. The first-order valence-electron chi connectivity index (χ1n) is 8.96. The van der Waals surface area contributed by atoms with Crippen LogP contribution < -0.4 is 10.1 Å². The minimum atomic E-state index is -0.0603. The predicted octanol–water partition coefficient (Wildman–Crippen LogP) is 4.36. The number of rotatable bonds is 8. The molecule has 1 N–H and O–H groups in total. The molecular weight excluding hydrogens is 376 g/mol. The highest BCUT2D eigenvalue weighted by Crippen LogP contribution is 2.23. The highest BCUT2D eigenvalue weighted by molar-refractivity contribution is 6.30. The van der Waals surface area contributed by atoms with E-state index >= 15 is 0 Å². The molecule has 1 heterocycles. The van der Waals surface area contributed by atoms with E-state index in [2.05, 4.69) is 5.32 Å². The van der Waals surface area contributed by atoms with Crippen LogP contribution in [0.15, 0.2) is 65.1 Å². The molecule has 0 unspecified atom stereocenters. The molecule has 3 rings (SSSR count). The number of methoxy groups -OCH3 is 1. The van der Waals surface area contributed by atoms with Crippen molar-refractivity contribution in [3.63, 3.8) is 0 Å². The number of halogens is 1. The molecule has 1 amide bonds. The normalized spacial score (nSPS) is 10.9. The van der Waals surface area contributed by atoms with E-state index < -0.39 is 0 Å². The molecule has 3 aromatic rings. The largest absolute Gasteiger partial charge is 0.497 e. The van der Waals surface area contributed by atoms with Gasteiger partial charge in [0.1, 0.15) is 17.3 Å². The lowest BCUT2D eigenvalue weighted by atomic mass is 10.2. The summed E-state index contributed by atoms with van der Waals surface area (Å²) in [6, 6.07) is 19.0. The summed E-state index contributed by atoms with van der Waals surface area (Å²) in [6.45, 7) is 1.30. The Balaban J connectivity index is 1.48. The first-order chi connectivity index (χ1) is 13.5. The van der Waals surface area contributed by atoms with Crippen molar-refractivity contribution in [1.82, 2.24) is 10.2 Å². The van der Waals surface area contributed by atoms with Crippen molar-refractivity contribution in [2.75, 3.05) is 20.7 Å². The summed E-state index contributed by atoms with van der Waals surface area (Å²) in [5.74, 6) is 2.20. The topological polar surface area (TPSA) is 54.7 Å². The number of carbonyl (C=O) groups is 1. The number of nitrogens with zero attached hydrogens (tertiary/aromatic N) is 1. The average Bonchev–Trinajstić information content (AvgIpc) is 3.16. The molecule has 6 heteroatoms. The van der Waals surface area contributed by atoms with Gasteiger partial charge in [-0.05, 0) is 61.1 Å². The van der Waals surface area contributed by atoms with Crippen molar-refractivity contribution in [3.8, 4) is 17.1 Å². The molecule has 0 saturated heterocycles. The summed E-state index contributed by atoms with van der Waals surface area (Å²) in [5, 5.41) is 3.57. The summed E-state index contributed by atoms with van der Waals surface area (Å²) in [5.41, 5.74) is 2.04. The third-order valence-electron chi connectivity index (χ3n) is 4.25. The first-order valence-corrected chi connectivity index (χ1v) is 9.34. The molecule has 2 aromatic carbocycles. The fourth-order valence-electron chi connectivity index (χ4n) is 2.87. The van der Waals surface area contributed by atoms with Crippen LogP contribution in [-0.2, 0) is 17.9 Å². The maximum absolute atomic E-state index is 12.2. The number of benzene rings is 2. The number of hydrogen-bond donors (Lipinski definition) is 1. The van der Waals surface area contributed by atoms with Gasteiger partial charge in [-0.15, -0.1) is 0 Å². The predicted molar refractivity (Wildman–Crippen MR) is 110 cm³/mol. The number of ether oxygens (including phenoxy) is 1. The fourth-order valence-corrected chi connectivity index (χ4v) is 2.99. The van der Waals surface area contributed by atoms with Crippen molar-refractivity contribution < 1.29 is 13.9 Å². The summed E-state index contributed by atoms with van der Waals surface area (Å²) in [7, 11) is 3.55. The van der Waals surface area contributed by atoms with Gasteiger partial charge in [-0.2, -0.15) is 0 Å². The molecule has 0 aliphatic carbocycles. The lowest BCUT2D eigenvalue weighted by Gasteiger charge is -2.16. The van der Waals surface area contributed by atoms with Gasteiger partial charge < -0.3 is 14.5 Å². The molecule has 0 spiro atoms. The van der Waals surface area contributed by atoms with Crippen LogP contribution in [-0.4, -0.2) is 31.5 Å². The van der Waals surface area contributed by atoms with E-state index in [0.717, 1.165) is 22.6 Å². The van der Waals surface area contributed by atoms with Gasteiger partial charge in [-0.25, -0.2) is 0 Å². The van der Waals surface area contributed by atoms with E-state index in [-0.39, 0.29) is 5.91 Å². The van der Waals surface area contributed by atoms with Crippen LogP contribution in [0, 0.1) is 0 Å². The standard InChI is InChI=1S/C22H23ClN2O3/c1-25(14-16-4-3-5-19(12-16)27-2)15-22(26)24-13-20-10-11-21(28-20)17-6-8-18(23)9-7-17/h3-12H,13-15H2,1-2H3,(H,24,26). The third kappa shape index (κ3) is 5.62. The second-order valence-corrected chi connectivity index (χ2v) is 7.01. The molecule has 0 fully saturated rings. The zero-order valence-corrected chi connectivity index (χ0v) is 16.7. The lowest BCUT2D eigenvalue weighted by Crippen LogP contribution is -2.34. The van der Waals surface area contributed by atoms with E-state index in [1.165, 1.54) is 0 Å². The van der Waals surface area contributed by atoms with Crippen molar-refractivity contribution in [2.24, 2.45) is 0 Å². The molecule has 0 aliphatic heterocycles. The van der Waals surface area contributed by atoms with E-state index in [4.69, 9.17) is 20.8 Å². The van der Waals surface area contributed by atoms with E-state index in [1.807, 2.05) is 72.6 Å². The van der Waals surface area contributed by atoms with Gasteiger partial charge in [0, 0.05) is 17.1 Å². The second kappa shape index (κ2) is 9.44. The Morgan fingerprint density at radius 3 is 2.68 bits per heavy atom. The van der Waals surface area contributed by atoms with Gasteiger partial charge in [0.05, 0.1) is 20.2 Å². The Bertz CT molecular complexity index is 922. The summed E-state index contributed by atoms with van der Waals surface area (Å²) >= 11 is 5.91. The maximum atomic E-state index is 12.2. The molecule has 1 aromatic heterocycles. The molecule has 0 radical (unpaired) electrons. The summed E-state index contributed by atoms with van der Waals surface area (Å²) < 4.78 is 11.0. The number of carbonyl (C=O) groups excluding carboxylic acids is 1. The Labute approximate surface area is 169 Å². The summed E-state index contributed by atoms with van der Waals surface area (Å²) in [4.78, 5) is 14.2. The SMILES string of the molecule is COc1cccc(CN(C)CC(=O)NCc2ccc(-c3ccc(Cl)cc3)o2)c1. The molecule has 146 valence electrons. The van der Waals surface area contributed by atoms with E-state index in [9.17, 15) is 4.79 Å². The Morgan fingerprint density at radius 1 is 1.14 bits per heavy atom. The molecule has 28 heavy (non-hydrogen) atoms. The van der Waals surface area contributed by atoms with Crippen LogP contribution in [0.2, 0.25) is 5.02 Å². The van der Waals surface area contributed by atoms with Gasteiger partial charge in [0.25, 0.3) is 0 Å². The van der Waals surface area contributed by atoms with Crippen LogP contribution >= 0.6 is 11.6 Å². The third-order valence-corrected chi connectivity index (χ3v) is 4.50. The highest BCUT2D eigenvalue weighted by atomic mass is 35.5. The van der Waals surface area contributed by atoms with Gasteiger partial charge in [-0.3, -0.25) is 9.69 Å². The zero-order valence-electron chi connectivity index (χ0n) is 15.9. The van der Waals surface area contributed by atoms with Crippen LogP contribution in [0.3, 0.4) is 0 Å². The fraction of sp³-hybridized carbons (Fsp3) is 0.227. The Hall–Kier alpha value is -2.76. The monoisotopic (exact) mass is 398 g/mol. The quantitative estimate of drug-likeness (QED) is 0.612. The van der Waals surface area contributed by atoms with Crippen molar-refractivity contribution in [1.29, 1.82) is 0 Å². The molecule has 0 aliphatic rings. The molecule has 0 atom stereocenters. The Kier molecular flexibility index (Phi) is 6.74. The molecule has 5 nitrogen and oxygen atoms in total. The van der Waals surface area contributed by atoms with Crippen molar-refractivity contribution in [3.05, 3.63) is 77.0 Å². The van der Waals surface area contributed by atoms with Crippen molar-refractivity contribution >= 4 is 17.5 Å². The molecular formula is C22H23ClN2O3. The minimum absolute atomic E-state index is 0.0603. The maximum Gasteiger partial charge on any atom is 0.234 e. The molecule has 0 saturated carbocycles. The minimum Gasteiger partial charge on any atom is -0.497 e. The Morgan fingerprint density at radius 2 is 1.93 bits per heavy atom. The zero-order chi connectivity index (χ0) is 19.9. The van der Waals surface area contributed by atoms with E-state index in [0.29, 0.717) is 30.4 Å². The van der Waals surface area contributed by atoms with Gasteiger partial charge in [-0.1, -0.05) is 23.7 Å². The summed E-state index contributed by atoms with van der Waals surface area (Å²) in [6.07, 6.45) is 0. The van der Waals surface area contributed by atoms with Crippen LogP contribution in [0.25, 0.3) is 11.3 Å². The number of likely N-dealkylation sites (N-methyl/N-ethyl adjacent to an activating group) is 1.